The van der Waals surface area contributed by atoms with Crippen molar-refractivity contribution in [2.24, 2.45) is 23.7 Å². The van der Waals surface area contributed by atoms with E-state index >= 15 is 0 Å². The number of amides is 2. The molecule has 0 spiro atoms. The van der Waals surface area contributed by atoms with Crippen LogP contribution in [0.3, 0.4) is 0 Å². The van der Waals surface area contributed by atoms with Crippen LogP contribution < -0.4 is 5.32 Å². The van der Waals surface area contributed by atoms with Crippen LogP contribution >= 0.6 is 0 Å². The second kappa shape index (κ2) is 6.34. The molecule has 0 radical (unpaired) electrons. The number of fused-ring (bicyclic) bond motifs is 1. The summed E-state index contributed by atoms with van der Waals surface area (Å²) >= 11 is 0. The highest BCUT2D eigenvalue weighted by molar-refractivity contribution is 5.98. The van der Waals surface area contributed by atoms with Gasteiger partial charge in [0.15, 0.2) is 0 Å². The maximum absolute atomic E-state index is 12.8. The van der Waals surface area contributed by atoms with E-state index < -0.39 is 0 Å². The van der Waals surface area contributed by atoms with Crippen LogP contribution in [-0.2, 0) is 19.1 Å². The lowest BCUT2D eigenvalue weighted by Gasteiger charge is -2.27. The van der Waals surface area contributed by atoms with Gasteiger partial charge >= 0.3 is 5.97 Å². The number of anilines is 1. The fraction of sp³-hybridized carbons (Fsp3) is 0.550. The van der Waals surface area contributed by atoms with Crippen LogP contribution in [0.4, 0.5) is 5.69 Å². The predicted molar refractivity (Wildman–Crippen MR) is 94.9 cm³/mol. The summed E-state index contributed by atoms with van der Waals surface area (Å²) < 4.78 is 10.7. The van der Waals surface area contributed by atoms with Gasteiger partial charge in [-0.2, -0.15) is 0 Å². The molecule has 1 N–H and O–H groups in total. The molecule has 5 rings (SSSR count). The molecule has 7 nitrogen and oxygen atoms in total. The van der Waals surface area contributed by atoms with Crippen LogP contribution in [0.1, 0.15) is 23.2 Å². The standard InChI is InChI=1S/C20H22N2O5/c23-18(16-12-9-14-15(10-12)27-20(25)17(14)16)21-13-3-1-11(2-4-13)19(24)22-5-7-26-8-6-22/h1-4,12,14-17H,5-10H2,(H,21,23)/t12-,14+,15-,16+,17+/m1/s1. The van der Waals surface area contributed by atoms with Crippen molar-refractivity contribution < 1.29 is 23.9 Å². The minimum absolute atomic E-state index is 0.0241. The Labute approximate surface area is 157 Å². The molecule has 2 aliphatic carbocycles. The Hall–Kier alpha value is -2.41. The maximum Gasteiger partial charge on any atom is 0.310 e. The van der Waals surface area contributed by atoms with Gasteiger partial charge in [-0.3, -0.25) is 14.4 Å². The normalized spacial score (nSPS) is 33.9. The summed E-state index contributed by atoms with van der Waals surface area (Å²) in [7, 11) is 0. The lowest BCUT2D eigenvalue weighted by atomic mass is 9.79. The third-order valence-electron chi connectivity index (χ3n) is 6.48. The molecule has 2 amide bonds. The van der Waals surface area contributed by atoms with Crippen LogP contribution in [0.5, 0.6) is 0 Å². The molecule has 142 valence electrons. The number of nitrogens with one attached hydrogen (secondary N) is 1. The molecular weight excluding hydrogens is 348 g/mol. The zero-order valence-electron chi connectivity index (χ0n) is 14.9. The van der Waals surface area contributed by atoms with Crippen molar-refractivity contribution in [3.05, 3.63) is 29.8 Å². The average Bonchev–Trinajstić information content (AvgIpc) is 3.31. The van der Waals surface area contributed by atoms with Crippen LogP contribution in [0.2, 0.25) is 0 Å². The van der Waals surface area contributed by atoms with Gasteiger partial charge in [0, 0.05) is 30.3 Å². The first-order valence-corrected chi connectivity index (χ1v) is 9.60. The molecule has 0 unspecified atom stereocenters. The summed E-state index contributed by atoms with van der Waals surface area (Å²) in [6, 6.07) is 6.95. The zero-order chi connectivity index (χ0) is 18.5. The number of carbonyl (C=O) groups is 3. The van der Waals surface area contributed by atoms with Crippen LogP contribution in [0, 0.1) is 23.7 Å². The lowest BCUT2D eigenvalue weighted by Crippen LogP contribution is -2.40. The monoisotopic (exact) mass is 370 g/mol. The van der Waals surface area contributed by atoms with Crippen molar-refractivity contribution in [3.63, 3.8) is 0 Å². The number of hydrogen-bond donors (Lipinski definition) is 1. The third kappa shape index (κ3) is 2.72. The third-order valence-corrected chi connectivity index (χ3v) is 6.48. The van der Waals surface area contributed by atoms with Crippen molar-refractivity contribution in [1.82, 2.24) is 4.90 Å². The van der Waals surface area contributed by atoms with E-state index in [1.165, 1.54) is 0 Å². The molecule has 1 aromatic carbocycles. The number of nitrogens with zero attached hydrogens (tertiary/aromatic N) is 1. The fourth-order valence-corrected chi connectivity index (χ4v) is 5.23. The predicted octanol–water partition coefficient (Wildman–Crippen LogP) is 1.30. The minimum Gasteiger partial charge on any atom is -0.462 e. The van der Waals surface area contributed by atoms with E-state index in [1.807, 2.05) is 0 Å². The van der Waals surface area contributed by atoms with Gasteiger partial charge in [-0.05, 0) is 43.0 Å². The number of hydrogen-bond acceptors (Lipinski definition) is 5. The Balaban J connectivity index is 1.25. The van der Waals surface area contributed by atoms with Gasteiger partial charge in [-0.25, -0.2) is 0 Å². The Bertz CT molecular complexity index is 784. The van der Waals surface area contributed by atoms with Crippen molar-refractivity contribution in [2.45, 2.75) is 18.9 Å². The van der Waals surface area contributed by atoms with Gasteiger partial charge < -0.3 is 19.7 Å². The molecule has 2 aliphatic heterocycles. The summed E-state index contributed by atoms with van der Waals surface area (Å²) in [4.78, 5) is 39.1. The lowest BCUT2D eigenvalue weighted by molar-refractivity contribution is -0.145. The van der Waals surface area contributed by atoms with Gasteiger partial charge in [-0.15, -0.1) is 0 Å². The molecule has 4 fully saturated rings. The zero-order valence-corrected chi connectivity index (χ0v) is 14.9. The summed E-state index contributed by atoms with van der Waals surface area (Å²) in [6.45, 7) is 2.32. The van der Waals surface area contributed by atoms with Gasteiger partial charge in [0.2, 0.25) is 5.91 Å². The molecule has 7 heteroatoms. The second-order valence-corrected chi connectivity index (χ2v) is 7.89. The summed E-state index contributed by atoms with van der Waals surface area (Å²) in [5, 5.41) is 2.93. The number of ether oxygens (including phenoxy) is 2. The smallest absolute Gasteiger partial charge is 0.310 e. The Morgan fingerprint density at radius 1 is 1.07 bits per heavy atom. The van der Waals surface area contributed by atoms with E-state index in [9.17, 15) is 14.4 Å². The van der Waals surface area contributed by atoms with Crippen molar-refractivity contribution in [3.8, 4) is 0 Å². The molecule has 4 aliphatic rings. The van der Waals surface area contributed by atoms with Gasteiger partial charge in [0.25, 0.3) is 5.91 Å². The molecule has 2 heterocycles. The SMILES string of the molecule is O=C(Nc1ccc(C(=O)N2CCOCC2)cc1)[C@H]1[C@@H]2C[C@@H]3[C@@H]1C(=O)O[C@@H]3C2. The van der Waals surface area contributed by atoms with Gasteiger partial charge in [0.1, 0.15) is 6.10 Å². The largest absolute Gasteiger partial charge is 0.462 e. The topological polar surface area (TPSA) is 84.9 Å². The van der Waals surface area contributed by atoms with E-state index in [0.717, 1.165) is 12.8 Å². The van der Waals surface area contributed by atoms with Crippen molar-refractivity contribution >= 4 is 23.5 Å². The Morgan fingerprint density at radius 3 is 2.56 bits per heavy atom. The molecule has 1 aromatic rings. The Morgan fingerprint density at radius 2 is 1.81 bits per heavy atom. The maximum atomic E-state index is 12.8. The van der Waals surface area contributed by atoms with Crippen molar-refractivity contribution in [2.75, 3.05) is 31.6 Å². The molecule has 0 aromatic heterocycles. The van der Waals surface area contributed by atoms with E-state index in [0.29, 0.717) is 37.6 Å². The first-order chi connectivity index (χ1) is 13.1. The molecule has 2 bridgehead atoms. The van der Waals surface area contributed by atoms with E-state index in [2.05, 4.69) is 5.32 Å². The summed E-state index contributed by atoms with van der Waals surface area (Å²) in [6.07, 6.45) is 1.74. The number of rotatable bonds is 3. The molecular formula is C20H22N2O5. The highest BCUT2D eigenvalue weighted by atomic mass is 16.6. The van der Waals surface area contributed by atoms with Gasteiger partial charge in [0.05, 0.1) is 25.0 Å². The summed E-state index contributed by atoms with van der Waals surface area (Å²) in [5.41, 5.74) is 1.24. The van der Waals surface area contributed by atoms with Gasteiger partial charge in [-0.1, -0.05) is 0 Å². The molecule has 27 heavy (non-hydrogen) atoms. The molecule has 5 atom stereocenters. The highest BCUT2D eigenvalue weighted by Gasteiger charge is 2.63. The number of morpholine rings is 1. The average molecular weight is 370 g/mol. The Kier molecular flexibility index (Phi) is 3.93. The van der Waals surface area contributed by atoms with E-state index in [4.69, 9.17) is 9.47 Å². The first kappa shape index (κ1) is 16.7. The van der Waals surface area contributed by atoms with Crippen molar-refractivity contribution in [1.29, 1.82) is 0 Å². The van der Waals surface area contributed by atoms with E-state index in [1.54, 1.807) is 29.2 Å². The second-order valence-electron chi connectivity index (χ2n) is 7.89. The van der Waals surface area contributed by atoms with Crippen LogP contribution in [0.25, 0.3) is 0 Å². The van der Waals surface area contributed by atoms with Crippen LogP contribution in [0.15, 0.2) is 24.3 Å². The first-order valence-electron chi connectivity index (χ1n) is 9.60. The number of benzene rings is 1. The quantitative estimate of drug-likeness (QED) is 0.811. The fourth-order valence-electron chi connectivity index (χ4n) is 5.23. The van der Waals surface area contributed by atoms with E-state index in [-0.39, 0.29) is 47.6 Å². The number of esters is 1. The molecule has 2 saturated heterocycles. The summed E-state index contributed by atoms with van der Waals surface area (Å²) in [5.74, 6) is -0.477. The highest BCUT2D eigenvalue weighted by Crippen LogP contribution is 2.57. The minimum atomic E-state index is -0.295. The number of carbonyl (C=O) groups excluding carboxylic acids is 3. The van der Waals surface area contributed by atoms with Crippen LogP contribution in [-0.4, -0.2) is 55.1 Å². The molecule has 2 saturated carbocycles.